The molecule has 1 N–H and O–H groups in total. The minimum absolute atomic E-state index is 0.0527. The summed E-state index contributed by atoms with van der Waals surface area (Å²) in [5.41, 5.74) is 4.82. The number of benzene rings is 2. The van der Waals surface area contributed by atoms with Crippen LogP contribution >= 0.6 is 0 Å². The van der Waals surface area contributed by atoms with Crippen LogP contribution in [0, 0.1) is 0 Å². The molecule has 43 heavy (non-hydrogen) atoms. The number of unbranched alkanes of at least 4 members (excludes halogenated alkanes) is 7. The molecule has 2 aromatic rings. The van der Waals surface area contributed by atoms with Gasteiger partial charge in [-0.3, -0.25) is 0 Å². The summed E-state index contributed by atoms with van der Waals surface area (Å²) in [5, 5.41) is 2.75. The summed E-state index contributed by atoms with van der Waals surface area (Å²) < 4.78 is 33.2. The van der Waals surface area contributed by atoms with Crippen molar-refractivity contribution in [2.75, 3.05) is 79.2 Å². The summed E-state index contributed by atoms with van der Waals surface area (Å²) in [5.74, 6) is 0.0527. The van der Waals surface area contributed by atoms with Crippen molar-refractivity contribution in [2.24, 2.45) is 0 Å². The van der Waals surface area contributed by atoms with E-state index in [1.807, 2.05) is 24.3 Å². The predicted octanol–water partition coefficient (Wildman–Crippen LogP) is 6.75. The van der Waals surface area contributed by atoms with Gasteiger partial charge in [-0.25, -0.2) is 4.79 Å². The van der Waals surface area contributed by atoms with Crippen molar-refractivity contribution < 1.29 is 33.2 Å². The van der Waals surface area contributed by atoms with Crippen molar-refractivity contribution in [3.63, 3.8) is 0 Å². The Morgan fingerprint density at radius 2 is 1.02 bits per heavy atom. The van der Waals surface area contributed by atoms with Gasteiger partial charge in [0.2, 0.25) is 0 Å². The van der Waals surface area contributed by atoms with Gasteiger partial charge in [0.05, 0.1) is 59.5 Å². The highest BCUT2D eigenvalue weighted by atomic mass is 16.6. The minimum atomic E-state index is -0.436. The Morgan fingerprint density at radius 3 is 1.56 bits per heavy atom. The van der Waals surface area contributed by atoms with E-state index in [1.165, 1.54) is 67.2 Å². The summed E-state index contributed by atoms with van der Waals surface area (Å²) in [6, 6.07) is 16.6. The Bertz CT molecular complexity index is 956. The van der Waals surface area contributed by atoms with Crippen molar-refractivity contribution >= 4 is 6.09 Å². The largest absolute Gasteiger partial charge is 0.449 e. The van der Waals surface area contributed by atoms with E-state index < -0.39 is 6.09 Å². The lowest BCUT2D eigenvalue weighted by Crippen LogP contribution is -2.29. The van der Waals surface area contributed by atoms with Crippen molar-refractivity contribution in [2.45, 2.75) is 64.2 Å². The molecule has 0 aliphatic heterocycles. The maximum Gasteiger partial charge on any atom is 0.407 e. The molecule has 1 amide bonds. The van der Waals surface area contributed by atoms with Gasteiger partial charge >= 0.3 is 6.09 Å². The number of carbonyl (C=O) groups excluding carboxylic acids is 1. The van der Waals surface area contributed by atoms with E-state index in [9.17, 15) is 4.79 Å². The van der Waals surface area contributed by atoms with E-state index in [2.05, 4.69) is 36.5 Å². The van der Waals surface area contributed by atoms with Crippen molar-refractivity contribution in [1.29, 1.82) is 0 Å². The summed E-state index contributed by atoms with van der Waals surface area (Å²) >= 11 is 0. The van der Waals surface area contributed by atoms with Crippen LogP contribution < -0.4 is 5.32 Å². The molecule has 0 saturated heterocycles. The lowest BCUT2D eigenvalue weighted by Gasteiger charge is -2.14. The molecule has 0 unspecified atom stereocenters. The second kappa shape index (κ2) is 23.0. The highest BCUT2D eigenvalue weighted by Crippen LogP contribution is 2.44. The van der Waals surface area contributed by atoms with Crippen LogP contribution in [0.25, 0.3) is 11.1 Å². The second-order valence-corrected chi connectivity index (χ2v) is 10.8. The molecule has 0 saturated carbocycles. The molecule has 1 aliphatic carbocycles. The molecule has 3 rings (SSSR count). The standard InChI is InChI=1S/C35H53NO7/c1-2-3-4-5-6-7-8-13-19-38-21-23-40-25-27-42-28-26-41-24-22-39-20-18-36-35(37)43-29-34-32-16-11-9-14-30(32)31-15-10-12-17-33(31)34/h9-12,14-17,34H,2-8,13,18-29H2,1H3,(H,36,37). The second-order valence-electron chi connectivity index (χ2n) is 10.8. The van der Waals surface area contributed by atoms with Crippen LogP contribution in [0.15, 0.2) is 48.5 Å². The Hall–Kier alpha value is -2.49. The summed E-state index contributed by atoms with van der Waals surface area (Å²) in [6.07, 6.45) is 10.1. The van der Waals surface area contributed by atoms with Crippen LogP contribution in [0.3, 0.4) is 0 Å². The number of amides is 1. The fourth-order valence-electron chi connectivity index (χ4n) is 5.19. The van der Waals surface area contributed by atoms with Gasteiger partial charge in [0.1, 0.15) is 6.61 Å². The number of ether oxygens (including phenoxy) is 6. The van der Waals surface area contributed by atoms with E-state index in [-0.39, 0.29) is 5.92 Å². The third-order valence-corrected chi connectivity index (χ3v) is 7.49. The molecule has 8 nitrogen and oxygen atoms in total. The highest BCUT2D eigenvalue weighted by Gasteiger charge is 2.28. The zero-order valence-corrected chi connectivity index (χ0v) is 26.2. The molecule has 0 bridgehead atoms. The van der Waals surface area contributed by atoms with Gasteiger partial charge < -0.3 is 33.7 Å². The van der Waals surface area contributed by atoms with Gasteiger partial charge in [-0.05, 0) is 28.7 Å². The van der Waals surface area contributed by atoms with Gasteiger partial charge in [-0.15, -0.1) is 0 Å². The SMILES string of the molecule is CCCCCCCCCCOCCOCCOCCOCCOCCNC(=O)OCC1c2ccccc2-c2ccccc21. The number of hydrogen-bond donors (Lipinski definition) is 1. The first kappa shape index (κ1) is 35.0. The molecule has 2 aromatic carbocycles. The third-order valence-electron chi connectivity index (χ3n) is 7.49. The minimum Gasteiger partial charge on any atom is -0.449 e. The van der Waals surface area contributed by atoms with Crippen LogP contribution in [0.4, 0.5) is 4.79 Å². The van der Waals surface area contributed by atoms with E-state index >= 15 is 0 Å². The fraction of sp³-hybridized carbons (Fsp3) is 0.629. The Labute approximate surface area is 258 Å². The number of carbonyl (C=O) groups is 1. The monoisotopic (exact) mass is 599 g/mol. The van der Waals surface area contributed by atoms with Crippen molar-refractivity contribution in [3.05, 3.63) is 59.7 Å². The molecule has 240 valence electrons. The zero-order chi connectivity index (χ0) is 30.2. The highest BCUT2D eigenvalue weighted by molar-refractivity contribution is 5.79. The molecule has 0 fully saturated rings. The topological polar surface area (TPSA) is 84.5 Å². The lowest BCUT2D eigenvalue weighted by atomic mass is 9.98. The normalized spacial score (nSPS) is 12.3. The Morgan fingerprint density at radius 1 is 0.581 bits per heavy atom. The van der Waals surface area contributed by atoms with Crippen molar-refractivity contribution in [1.82, 2.24) is 5.32 Å². The van der Waals surface area contributed by atoms with Crippen LogP contribution in [0.2, 0.25) is 0 Å². The maximum absolute atomic E-state index is 12.2. The molecule has 0 aromatic heterocycles. The van der Waals surface area contributed by atoms with E-state index in [4.69, 9.17) is 28.4 Å². The van der Waals surface area contributed by atoms with Gasteiger partial charge in [0, 0.05) is 19.1 Å². The van der Waals surface area contributed by atoms with E-state index in [1.54, 1.807) is 0 Å². The van der Waals surface area contributed by atoms with Gasteiger partial charge in [0.15, 0.2) is 0 Å². The van der Waals surface area contributed by atoms with Crippen LogP contribution in [-0.4, -0.2) is 85.3 Å². The number of alkyl carbamates (subject to hydrolysis) is 1. The first-order valence-corrected chi connectivity index (χ1v) is 16.3. The smallest absolute Gasteiger partial charge is 0.407 e. The van der Waals surface area contributed by atoms with Crippen molar-refractivity contribution in [3.8, 4) is 11.1 Å². The molecule has 8 heteroatoms. The Balaban J connectivity index is 1.03. The first-order valence-electron chi connectivity index (χ1n) is 16.3. The zero-order valence-electron chi connectivity index (χ0n) is 26.2. The molecule has 1 aliphatic rings. The summed E-state index contributed by atoms with van der Waals surface area (Å²) in [7, 11) is 0. The third kappa shape index (κ3) is 14.2. The van der Waals surface area contributed by atoms with Gasteiger partial charge in [-0.1, -0.05) is 100 Å². The fourth-order valence-corrected chi connectivity index (χ4v) is 5.19. The van der Waals surface area contributed by atoms with E-state index in [0.29, 0.717) is 72.6 Å². The van der Waals surface area contributed by atoms with Crippen LogP contribution in [0.1, 0.15) is 75.3 Å². The summed E-state index contributed by atoms with van der Waals surface area (Å²) in [6.45, 7) is 8.44. The molecule has 0 spiro atoms. The predicted molar refractivity (Wildman–Crippen MR) is 170 cm³/mol. The molecular weight excluding hydrogens is 546 g/mol. The molecule has 0 atom stereocenters. The van der Waals surface area contributed by atoms with Gasteiger partial charge in [-0.2, -0.15) is 0 Å². The number of rotatable bonds is 26. The molecular formula is C35H53NO7. The van der Waals surface area contributed by atoms with Crippen LogP contribution in [0.5, 0.6) is 0 Å². The average Bonchev–Trinajstić information content (AvgIpc) is 3.35. The maximum atomic E-state index is 12.2. The van der Waals surface area contributed by atoms with Crippen LogP contribution in [-0.2, 0) is 28.4 Å². The molecule has 0 radical (unpaired) electrons. The average molecular weight is 600 g/mol. The number of nitrogens with one attached hydrogen (secondary N) is 1. The van der Waals surface area contributed by atoms with Gasteiger partial charge in [0.25, 0.3) is 0 Å². The molecule has 0 heterocycles. The van der Waals surface area contributed by atoms with E-state index in [0.717, 1.165) is 13.0 Å². The number of fused-ring (bicyclic) bond motifs is 3. The quantitative estimate of drug-likeness (QED) is 0.120. The Kier molecular flexibility index (Phi) is 18.7. The lowest BCUT2D eigenvalue weighted by molar-refractivity contribution is -0.0110. The summed E-state index contributed by atoms with van der Waals surface area (Å²) in [4.78, 5) is 12.2. The first-order chi connectivity index (χ1) is 21.3. The number of hydrogen-bond acceptors (Lipinski definition) is 7.